The standard InChI is InChI=1S/C19H19FN4O3/c20-16-11-14(7-8-18(16)23-9-3-4-10-23)13-21-22-19(25)12-15-5-1-2-6-17(15)24(26)27/h1-2,5-8,11,13H,3-4,9-10,12H2,(H,22,25). The fourth-order valence-electron chi connectivity index (χ4n) is 3.05. The van der Waals surface area contributed by atoms with Crippen molar-refractivity contribution in [1.29, 1.82) is 0 Å². The number of carbonyl (C=O) groups is 1. The lowest BCUT2D eigenvalue weighted by molar-refractivity contribution is -0.385. The molecule has 1 aliphatic rings. The fourth-order valence-corrected chi connectivity index (χ4v) is 3.05. The summed E-state index contributed by atoms with van der Waals surface area (Å²) in [4.78, 5) is 24.4. The van der Waals surface area contributed by atoms with Crippen LogP contribution in [0.15, 0.2) is 47.6 Å². The quantitative estimate of drug-likeness (QED) is 0.481. The van der Waals surface area contributed by atoms with E-state index in [0.29, 0.717) is 16.8 Å². The molecule has 1 fully saturated rings. The first-order valence-electron chi connectivity index (χ1n) is 8.63. The molecular formula is C19H19FN4O3. The number of amides is 1. The average molecular weight is 370 g/mol. The van der Waals surface area contributed by atoms with E-state index in [0.717, 1.165) is 25.9 Å². The number of rotatable bonds is 6. The average Bonchev–Trinajstić information content (AvgIpc) is 3.16. The molecule has 7 nitrogen and oxygen atoms in total. The fraction of sp³-hybridized carbons (Fsp3) is 0.263. The summed E-state index contributed by atoms with van der Waals surface area (Å²) >= 11 is 0. The number of benzene rings is 2. The lowest BCUT2D eigenvalue weighted by atomic mass is 10.1. The number of halogens is 1. The normalized spacial score (nSPS) is 13.9. The lowest BCUT2D eigenvalue weighted by Crippen LogP contribution is -2.20. The minimum Gasteiger partial charge on any atom is -0.369 e. The van der Waals surface area contributed by atoms with Gasteiger partial charge in [-0.1, -0.05) is 24.3 Å². The number of nitro benzene ring substituents is 1. The molecule has 2 aromatic rings. The van der Waals surface area contributed by atoms with Gasteiger partial charge in [-0.15, -0.1) is 0 Å². The summed E-state index contributed by atoms with van der Waals surface area (Å²) in [6, 6.07) is 10.8. The van der Waals surface area contributed by atoms with Crippen molar-refractivity contribution in [3.8, 4) is 0 Å². The number of nitrogens with zero attached hydrogens (tertiary/aromatic N) is 3. The molecule has 0 spiro atoms. The highest BCUT2D eigenvalue weighted by atomic mass is 19.1. The van der Waals surface area contributed by atoms with Crippen molar-refractivity contribution in [3.63, 3.8) is 0 Å². The number of carbonyl (C=O) groups excluding carboxylic acids is 1. The second-order valence-corrected chi connectivity index (χ2v) is 6.26. The molecule has 3 rings (SSSR count). The van der Waals surface area contributed by atoms with Gasteiger partial charge >= 0.3 is 0 Å². The number of nitrogens with one attached hydrogen (secondary N) is 1. The van der Waals surface area contributed by atoms with E-state index < -0.39 is 10.8 Å². The van der Waals surface area contributed by atoms with E-state index >= 15 is 0 Å². The van der Waals surface area contributed by atoms with Gasteiger partial charge in [0.2, 0.25) is 5.91 Å². The number of para-hydroxylation sites is 1. The van der Waals surface area contributed by atoms with Gasteiger partial charge in [-0.3, -0.25) is 14.9 Å². The van der Waals surface area contributed by atoms with Gasteiger partial charge in [-0.25, -0.2) is 9.82 Å². The Morgan fingerprint density at radius 2 is 2.00 bits per heavy atom. The SMILES string of the molecule is O=C(Cc1ccccc1[N+](=O)[O-])NN=Cc1ccc(N2CCCC2)c(F)c1. The van der Waals surface area contributed by atoms with Gasteiger partial charge in [0.05, 0.1) is 23.2 Å². The van der Waals surface area contributed by atoms with Crippen molar-refractivity contribution in [1.82, 2.24) is 5.43 Å². The molecule has 140 valence electrons. The number of hydrogen-bond acceptors (Lipinski definition) is 5. The van der Waals surface area contributed by atoms with E-state index in [1.54, 1.807) is 18.2 Å². The lowest BCUT2D eigenvalue weighted by Gasteiger charge is -2.18. The van der Waals surface area contributed by atoms with Crippen molar-refractivity contribution in [2.45, 2.75) is 19.3 Å². The molecule has 1 N–H and O–H groups in total. The number of nitro groups is 1. The molecule has 0 atom stereocenters. The van der Waals surface area contributed by atoms with Crippen LogP contribution in [0.3, 0.4) is 0 Å². The molecule has 0 aliphatic carbocycles. The van der Waals surface area contributed by atoms with Gasteiger partial charge in [0, 0.05) is 24.7 Å². The third-order valence-electron chi connectivity index (χ3n) is 4.36. The van der Waals surface area contributed by atoms with E-state index in [4.69, 9.17) is 0 Å². The molecule has 8 heteroatoms. The summed E-state index contributed by atoms with van der Waals surface area (Å²) in [5.41, 5.74) is 3.59. The van der Waals surface area contributed by atoms with Gasteiger partial charge in [-0.05, 0) is 30.5 Å². The summed E-state index contributed by atoms with van der Waals surface area (Å²) in [5, 5.41) is 14.8. The van der Waals surface area contributed by atoms with Crippen LogP contribution in [0, 0.1) is 15.9 Å². The molecule has 0 unspecified atom stereocenters. The summed E-state index contributed by atoms with van der Waals surface area (Å²) in [5.74, 6) is -0.818. The highest BCUT2D eigenvalue weighted by Crippen LogP contribution is 2.24. The maximum Gasteiger partial charge on any atom is 0.273 e. The van der Waals surface area contributed by atoms with Crippen LogP contribution in [0.5, 0.6) is 0 Å². The van der Waals surface area contributed by atoms with Gasteiger partial charge in [0.25, 0.3) is 5.69 Å². The Bertz CT molecular complexity index is 879. The molecule has 0 saturated carbocycles. The van der Waals surface area contributed by atoms with Crippen LogP contribution in [-0.2, 0) is 11.2 Å². The highest BCUT2D eigenvalue weighted by molar-refractivity contribution is 5.84. The zero-order valence-corrected chi connectivity index (χ0v) is 14.6. The number of anilines is 1. The molecule has 0 radical (unpaired) electrons. The molecule has 27 heavy (non-hydrogen) atoms. The minimum absolute atomic E-state index is 0.115. The predicted molar refractivity (Wildman–Crippen MR) is 100 cm³/mol. The second-order valence-electron chi connectivity index (χ2n) is 6.26. The smallest absolute Gasteiger partial charge is 0.273 e. The monoisotopic (exact) mass is 370 g/mol. The molecule has 0 aromatic heterocycles. The molecule has 1 heterocycles. The van der Waals surface area contributed by atoms with Crippen molar-refractivity contribution in [2.24, 2.45) is 5.10 Å². The zero-order valence-electron chi connectivity index (χ0n) is 14.6. The minimum atomic E-state index is -0.531. The molecule has 1 aliphatic heterocycles. The van der Waals surface area contributed by atoms with Gasteiger partial charge in [0.1, 0.15) is 5.82 Å². The predicted octanol–water partition coefficient (Wildman–Crippen LogP) is 3.03. The van der Waals surface area contributed by atoms with Crippen molar-refractivity contribution < 1.29 is 14.1 Å². The summed E-state index contributed by atoms with van der Waals surface area (Å²) < 4.78 is 14.2. The van der Waals surface area contributed by atoms with E-state index in [1.165, 1.54) is 30.5 Å². The van der Waals surface area contributed by atoms with Crippen molar-refractivity contribution in [3.05, 3.63) is 69.5 Å². The second kappa shape index (κ2) is 8.39. The van der Waals surface area contributed by atoms with Gasteiger partial charge in [0.15, 0.2) is 0 Å². The van der Waals surface area contributed by atoms with Gasteiger partial charge < -0.3 is 4.90 Å². The third kappa shape index (κ3) is 4.66. The van der Waals surface area contributed by atoms with Crippen molar-refractivity contribution >= 4 is 23.5 Å². The molecule has 1 amide bonds. The van der Waals surface area contributed by atoms with Gasteiger partial charge in [-0.2, -0.15) is 5.10 Å². The van der Waals surface area contributed by atoms with E-state index in [9.17, 15) is 19.3 Å². The Morgan fingerprint density at radius 3 is 2.70 bits per heavy atom. The molecule has 2 aromatic carbocycles. The maximum atomic E-state index is 14.2. The van der Waals surface area contributed by atoms with Crippen LogP contribution in [-0.4, -0.2) is 30.1 Å². The first-order valence-corrected chi connectivity index (χ1v) is 8.63. The Hall–Kier alpha value is -3.29. The van der Waals surface area contributed by atoms with Crippen LogP contribution in [0.4, 0.5) is 15.8 Å². The summed E-state index contributed by atoms with van der Waals surface area (Å²) in [6.07, 6.45) is 3.30. The van der Waals surface area contributed by atoms with Crippen LogP contribution < -0.4 is 10.3 Å². The van der Waals surface area contributed by atoms with Crippen LogP contribution in [0.2, 0.25) is 0 Å². The Balaban J connectivity index is 1.59. The van der Waals surface area contributed by atoms with Crippen LogP contribution >= 0.6 is 0 Å². The molecular weight excluding hydrogens is 351 g/mol. The zero-order chi connectivity index (χ0) is 19.2. The van der Waals surface area contributed by atoms with Crippen LogP contribution in [0.1, 0.15) is 24.0 Å². The topological polar surface area (TPSA) is 87.8 Å². The Kier molecular flexibility index (Phi) is 5.75. The molecule has 1 saturated heterocycles. The van der Waals surface area contributed by atoms with E-state index in [-0.39, 0.29) is 17.9 Å². The Morgan fingerprint density at radius 1 is 1.26 bits per heavy atom. The Labute approximate surface area is 155 Å². The first kappa shape index (κ1) is 18.5. The summed E-state index contributed by atoms with van der Waals surface area (Å²) in [6.45, 7) is 1.71. The third-order valence-corrected chi connectivity index (χ3v) is 4.36. The number of hydrogen-bond donors (Lipinski definition) is 1. The van der Waals surface area contributed by atoms with Crippen molar-refractivity contribution in [2.75, 3.05) is 18.0 Å². The molecule has 0 bridgehead atoms. The van der Waals surface area contributed by atoms with Crippen LogP contribution in [0.25, 0.3) is 0 Å². The number of hydrazone groups is 1. The first-order chi connectivity index (χ1) is 13.0. The highest BCUT2D eigenvalue weighted by Gasteiger charge is 2.16. The largest absolute Gasteiger partial charge is 0.369 e. The van der Waals surface area contributed by atoms with E-state index in [2.05, 4.69) is 10.5 Å². The summed E-state index contributed by atoms with van der Waals surface area (Å²) in [7, 11) is 0. The van der Waals surface area contributed by atoms with E-state index in [1.807, 2.05) is 4.90 Å². The maximum absolute atomic E-state index is 14.2.